The van der Waals surface area contributed by atoms with Gasteiger partial charge in [-0.25, -0.2) is 4.98 Å². The smallest absolute Gasteiger partial charge is 0.161 e. The quantitative estimate of drug-likeness (QED) is 0.439. The highest BCUT2D eigenvalue weighted by atomic mass is 16.5. The third kappa shape index (κ3) is 4.12. The molecule has 0 spiro atoms. The highest BCUT2D eigenvalue weighted by Crippen LogP contribution is 2.36. The summed E-state index contributed by atoms with van der Waals surface area (Å²) >= 11 is 0. The molecule has 0 aliphatic rings. The maximum Gasteiger partial charge on any atom is 0.161 e. The van der Waals surface area contributed by atoms with Crippen LogP contribution in [0.5, 0.6) is 11.5 Å². The SMILES string of the molecule is COc1cc(-c2nc(-c3ccc(N(C)C)cc3)c(-c3ccc(N(C)C)cc3)[nH]2)ccc1O. The van der Waals surface area contributed by atoms with Gasteiger partial charge in [0.1, 0.15) is 5.82 Å². The largest absolute Gasteiger partial charge is 0.504 e. The fourth-order valence-corrected chi connectivity index (χ4v) is 3.60. The van der Waals surface area contributed by atoms with Gasteiger partial charge in [-0.15, -0.1) is 0 Å². The topological polar surface area (TPSA) is 64.6 Å². The van der Waals surface area contributed by atoms with Gasteiger partial charge in [0.2, 0.25) is 0 Å². The number of rotatable bonds is 6. The first-order valence-electron chi connectivity index (χ1n) is 10.4. The average molecular weight is 429 g/mol. The Labute approximate surface area is 188 Å². The molecule has 4 rings (SSSR count). The second kappa shape index (κ2) is 8.67. The first-order chi connectivity index (χ1) is 15.4. The lowest BCUT2D eigenvalue weighted by molar-refractivity contribution is 0.373. The summed E-state index contributed by atoms with van der Waals surface area (Å²) in [5, 5.41) is 9.98. The van der Waals surface area contributed by atoms with Crippen LogP contribution in [-0.2, 0) is 0 Å². The van der Waals surface area contributed by atoms with Gasteiger partial charge in [0.25, 0.3) is 0 Å². The Kier molecular flexibility index (Phi) is 5.77. The lowest BCUT2D eigenvalue weighted by atomic mass is 10.0. The maximum atomic E-state index is 9.98. The van der Waals surface area contributed by atoms with E-state index in [1.165, 1.54) is 7.11 Å². The van der Waals surface area contributed by atoms with Crippen molar-refractivity contribution >= 4 is 11.4 Å². The van der Waals surface area contributed by atoms with E-state index < -0.39 is 0 Å². The molecule has 0 saturated heterocycles. The number of nitrogens with one attached hydrogen (secondary N) is 1. The van der Waals surface area contributed by atoms with E-state index in [2.05, 4.69) is 63.3 Å². The Morgan fingerprint density at radius 3 is 1.81 bits per heavy atom. The van der Waals surface area contributed by atoms with Crippen molar-refractivity contribution < 1.29 is 9.84 Å². The monoisotopic (exact) mass is 428 g/mol. The molecule has 164 valence electrons. The van der Waals surface area contributed by atoms with Crippen LogP contribution in [0.2, 0.25) is 0 Å². The minimum atomic E-state index is 0.0989. The molecule has 0 aliphatic heterocycles. The first kappa shape index (κ1) is 21.3. The molecule has 32 heavy (non-hydrogen) atoms. The summed E-state index contributed by atoms with van der Waals surface area (Å²) in [6.45, 7) is 0. The van der Waals surface area contributed by atoms with Crippen molar-refractivity contribution in [3.63, 3.8) is 0 Å². The fraction of sp³-hybridized carbons (Fsp3) is 0.192. The molecular weight excluding hydrogens is 400 g/mol. The predicted octanol–water partition coefficient (Wildman–Crippen LogP) is 5.26. The third-order valence-corrected chi connectivity index (χ3v) is 5.49. The lowest BCUT2D eigenvalue weighted by Crippen LogP contribution is -2.08. The van der Waals surface area contributed by atoms with E-state index in [1.54, 1.807) is 12.1 Å². The molecular formula is C26H28N4O2. The summed E-state index contributed by atoms with van der Waals surface area (Å²) in [4.78, 5) is 12.6. The molecule has 1 aromatic heterocycles. The number of aromatic nitrogens is 2. The molecule has 6 heteroatoms. The van der Waals surface area contributed by atoms with Crippen molar-refractivity contribution in [2.24, 2.45) is 0 Å². The number of anilines is 2. The van der Waals surface area contributed by atoms with Crippen LogP contribution in [0.3, 0.4) is 0 Å². The number of hydrogen-bond donors (Lipinski definition) is 2. The Hall–Kier alpha value is -3.93. The van der Waals surface area contributed by atoms with E-state index in [1.807, 2.05) is 34.3 Å². The molecule has 0 radical (unpaired) electrons. The van der Waals surface area contributed by atoms with Crippen LogP contribution >= 0.6 is 0 Å². The molecule has 0 unspecified atom stereocenters. The zero-order chi connectivity index (χ0) is 22.8. The van der Waals surface area contributed by atoms with Crippen LogP contribution in [0.15, 0.2) is 66.7 Å². The van der Waals surface area contributed by atoms with Crippen molar-refractivity contribution in [1.29, 1.82) is 0 Å². The lowest BCUT2D eigenvalue weighted by Gasteiger charge is -2.13. The van der Waals surface area contributed by atoms with E-state index in [-0.39, 0.29) is 5.75 Å². The molecule has 3 aromatic carbocycles. The van der Waals surface area contributed by atoms with Gasteiger partial charge in [-0.2, -0.15) is 0 Å². The minimum absolute atomic E-state index is 0.0989. The summed E-state index contributed by atoms with van der Waals surface area (Å²) in [6, 6.07) is 22.0. The predicted molar refractivity (Wildman–Crippen MR) is 132 cm³/mol. The Balaban J connectivity index is 1.84. The van der Waals surface area contributed by atoms with E-state index >= 15 is 0 Å². The van der Waals surface area contributed by atoms with E-state index in [0.717, 1.165) is 39.5 Å². The van der Waals surface area contributed by atoms with Crippen LogP contribution in [0.1, 0.15) is 0 Å². The first-order valence-corrected chi connectivity index (χ1v) is 10.4. The van der Waals surface area contributed by atoms with Crippen LogP contribution in [0.4, 0.5) is 11.4 Å². The molecule has 4 aromatic rings. The number of H-pyrrole nitrogens is 1. The number of phenolic OH excluding ortho intramolecular Hbond substituents is 1. The Bertz CT molecular complexity index is 1140. The number of hydrogen-bond acceptors (Lipinski definition) is 5. The number of aromatic hydroxyl groups is 1. The van der Waals surface area contributed by atoms with Gasteiger partial charge in [-0.05, 0) is 42.5 Å². The van der Waals surface area contributed by atoms with Crippen molar-refractivity contribution in [3.05, 3.63) is 66.7 Å². The van der Waals surface area contributed by atoms with Crippen LogP contribution < -0.4 is 14.5 Å². The fourth-order valence-electron chi connectivity index (χ4n) is 3.60. The highest BCUT2D eigenvalue weighted by Gasteiger charge is 2.17. The van der Waals surface area contributed by atoms with Gasteiger partial charge in [-0.1, -0.05) is 24.3 Å². The number of ether oxygens (including phenoxy) is 1. The second-order valence-electron chi connectivity index (χ2n) is 8.08. The molecule has 0 fully saturated rings. The number of phenols is 1. The van der Waals surface area contributed by atoms with Gasteiger partial charge >= 0.3 is 0 Å². The van der Waals surface area contributed by atoms with Gasteiger partial charge < -0.3 is 24.6 Å². The molecule has 1 heterocycles. The molecule has 0 amide bonds. The van der Waals surface area contributed by atoms with Gasteiger partial charge in [0, 0.05) is 56.3 Å². The minimum Gasteiger partial charge on any atom is -0.504 e. The molecule has 2 N–H and O–H groups in total. The standard InChI is InChI=1S/C26H28N4O2/c1-29(2)20-11-6-17(7-12-20)24-25(18-8-13-21(14-9-18)30(3)4)28-26(27-24)19-10-15-22(31)23(16-19)32-5/h6-16,31H,1-5H3,(H,27,28). The summed E-state index contributed by atoms with van der Waals surface area (Å²) in [6.07, 6.45) is 0. The third-order valence-electron chi connectivity index (χ3n) is 5.49. The number of imidazole rings is 1. The molecule has 0 aliphatic carbocycles. The van der Waals surface area contributed by atoms with Crippen molar-refractivity contribution in [1.82, 2.24) is 9.97 Å². The second-order valence-corrected chi connectivity index (χ2v) is 8.08. The summed E-state index contributed by atoms with van der Waals surface area (Å²) < 4.78 is 5.28. The Morgan fingerprint density at radius 2 is 1.28 bits per heavy atom. The van der Waals surface area contributed by atoms with Gasteiger partial charge in [-0.3, -0.25) is 0 Å². The van der Waals surface area contributed by atoms with Crippen LogP contribution in [0, 0.1) is 0 Å². The summed E-state index contributed by atoms with van der Waals surface area (Å²) in [5.74, 6) is 1.22. The zero-order valence-electron chi connectivity index (χ0n) is 19.0. The highest BCUT2D eigenvalue weighted by molar-refractivity contribution is 5.82. The van der Waals surface area contributed by atoms with Crippen molar-refractivity contribution in [2.45, 2.75) is 0 Å². The summed E-state index contributed by atoms with van der Waals surface area (Å²) in [5.41, 5.74) is 6.98. The summed E-state index contributed by atoms with van der Waals surface area (Å²) in [7, 11) is 9.64. The number of aromatic amines is 1. The number of nitrogens with zero attached hydrogens (tertiary/aromatic N) is 3. The van der Waals surface area contributed by atoms with Gasteiger partial charge in [0.15, 0.2) is 11.5 Å². The van der Waals surface area contributed by atoms with E-state index in [4.69, 9.17) is 9.72 Å². The van der Waals surface area contributed by atoms with E-state index in [0.29, 0.717) is 11.6 Å². The van der Waals surface area contributed by atoms with Gasteiger partial charge in [0.05, 0.1) is 18.5 Å². The van der Waals surface area contributed by atoms with E-state index in [9.17, 15) is 5.11 Å². The normalized spacial score (nSPS) is 10.8. The van der Waals surface area contributed by atoms with Crippen molar-refractivity contribution in [2.75, 3.05) is 45.1 Å². The van der Waals surface area contributed by atoms with Crippen LogP contribution in [-0.4, -0.2) is 50.4 Å². The zero-order valence-corrected chi connectivity index (χ0v) is 19.0. The molecule has 0 saturated carbocycles. The molecule has 0 bridgehead atoms. The number of benzene rings is 3. The Morgan fingerprint density at radius 1 is 0.750 bits per heavy atom. The van der Waals surface area contributed by atoms with Crippen LogP contribution in [0.25, 0.3) is 33.9 Å². The average Bonchev–Trinajstić information content (AvgIpc) is 3.25. The van der Waals surface area contributed by atoms with Crippen molar-refractivity contribution in [3.8, 4) is 45.4 Å². The molecule has 0 atom stereocenters. The number of methoxy groups -OCH3 is 1. The molecule has 6 nitrogen and oxygen atoms in total. The maximum absolute atomic E-state index is 9.98.